The number of halogens is 1. The second kappa shape index (κ2) is 7.40. The standard InChI is InChI=1S/C23H26FN3O/c1-23(2,3)28-18-10-8-16(9-11-18)22-19-14-25-13-12-21(19)27(26-22)15-17-6-4-5-7-20(17)24/h4-11,25H,12-15H2,1-3H3. The van der Waals surface area contributed by atoms with Gasteiger partial charge in [0.2, 0.25) is 0 Å². The van der Waals surface area contributed by atoms with Gasteiger partial charge in [-0.15, -0.1) is 0 Å². The molecule has 1 aliphatic heterocycles. The maximum atomic E-state index is 14.1. The summed E-state index contributed by atoms with van der Waals surface area (Å²) in [4.78, 5) is 0. The molecule has 1 aliphatic rings. The molecule has 4 rings (SSSR count). The second-order valence-corrected chi connectivity index (χ2v) is 8.19. The van der Waals surface area contributed by atoms with Crippen LogP contribution in [0.3, 0.4) is 0 Å². The molecule has 0 bridgehead atoms. The second-order valence-electron chi connectivity index (χ2n) is 8.19. The summed E-state index contributed by atoms with van der Waals surface area (Å²) in [6.45, 7) is 8.24. The third kappa shape index (κ3) is 3.94. The van der Waals surface area contributed by atoms with Gasteiger partial charge < -0.3 is 10.1 Å². The van der Waals surface area contributed by atoms with Crippen LogP contribution in [0.1, 0.15) is 37.6 Å². The van der Waals surface area contributed by atoms with Gasteiger partial charge in [0.05, 0.1) is 12.2 Å². The first-order valence-electron chi connectivity index (χ1n) is 9.73. The van der Waals surface area contributed by atoms with E-state index >= 15 is 0 Å². The molecule has 2 aromatic carbocycles. The van der Waals surface area contributed by atoms with Crippen LogP contribution in [0.15, 0.2) is 48.5 Å². The van der Waals surface area contributed by atoms with E-state index in [-0.39, 0.29) is 11.4 Å². The highest BCUT2D eigenvalue weighted by Gasteiger charge is 2.22. The topological polar surface area (TPSA) is 39.1 Å². The molecule has 0 radical (unpaired) electrons. The van der Waals surface area contributed by atoms with Gasteiger partial charge in [-0.05, 0) is 51.1 Å². The van der Waals surface area contributed by atoms with E-state index in [0.717, 1.165) is 36.5 Å². The van der Waals surface area contributed by atoms with E-state index < -0.39 is 0 Å². The van der Waals surface area contributed by atoms with E-state index in [0.29, 0.717) is 12.1 Å². The highest BCUT2D eigenvalue weighted by molar-refractivity contribution is 5.65. The lowest BCUT2D eigenvalue weighted by molar-refractivity contribution is 0.131. The summed E-state index contributed by atoms with van der Waals surface area (Å²) in [5.41, 5.74) is 4.83. The van der Waals surface area contributed by atoms with Gasteiger partial charge in [0.25, 0.3) is 0 Å². The summed E-state index contributed by atoms with van der Waals surface area (Å²) in [6.07, 6.45) is 0.891. The third-order valence-electron chi connectivity index (χ3n) is 4.84. The van der Waals surface area contributed by atoms with Gasteiger partial charge in [-0.3, -0.25) is 4.68 Å². The Balaban J connectivity index is 1.68. The largest absolute Gasteiger partial charge is 0.488 e. The summed E-state index contributed by atoms with van der Waals surface area (Å²) in [5.74, 6) is 0.653. The molecule has 3 aromatic rings. The number of ether oxygens (including phenoxy) is 1. The Hall–Kier alpha value is -2.66. The molecule has 0 saturated carbocycles. The number of hydrogen-bond acceptors (Lipinski definition) is 3. The zero-order valence-electron chi connectivity index (χ0n) is 16.6. The van der Waals surface area contributed by atoms with Crippen molar-refractivity contribution in [2.24, 2.45) is 0 Å². The minimum absolute atomic E-state index is 0.189. The Bertz CT molecular complexity index is 971. The lowest BCUT2D eigenvalue weighted by Crippen LogP contribution is -2.25. The molecule has 2 heterocycles. The molecule has 5 heteroatoms. The van der Waals surface area contributed by atoms with Gasteiger partial charge >= 0.3 is 0 Å². The maximum Gasteiger partial charge on any atom is 0.128 e. The van der Waals surface area contributed by atoms with Crippen LogP contribution in [-0.4, -0.2) is 21.9 Å². The molecule has 0 spiro atoms. The fourth-order valence-corrected chi connectivity index (χ4v) is 3.60. The molecule has 0 unspecified atom stereocenters. The van der Waals surface area contributed by atoms with Gasteiger partial charge in [-0.25, -0.2) is 4.39 Å². The number of nitrogens with one attached hydrogen (secondary N) is 1. The number of fused-ring (bicyclic) bond motifs is 1. The van der Waals surface area contributed by atoms with E-state index in [1.54, 1.807) is 6.07 Å². The van der Waals surface area contributed by atoms with Crippen LogP contribution in [0.4, 0.5) is 4.39 Å². The van der Waals surface area contributed by atoms with Gasteiger partial charge in [0.15, 0.2) is 0 Å². The number of rotatable bonds is 4. The molecule has 0 atom stereocenters. The first kappa shape index (κ1) is 18.7. The minimum atomic E-state index is -0.230. The number of nitrogens with zero attached hydrogens (tertiary/aromatic N) is 2. The monoisotopic (exact) mass is 379 g/mol. The molecule has 28 heavy (non-hydrogen) atoms. The molecular formula is C23H26FN3O. The highest BCUT2D eigenvalue weighted by atomic mass is 19.1. The third-order valence-corrected chi connectivity index (χ3v) is 4.84. The van der Waals surface area contributed by atoms with Crippen molar-refractivity contribution in [1.29, 1.82) is 0 Å². The van der Waals surface area contributed by atoms with Crippen molar-refractivity contribution < 1.29 is 9.13 Å². The smallest absolute Gasteiger partial charge is 0.128 e. The van der Waals surface area contributed by atoms with Crippen molar-refractivity contribution in [3.63, 3.8) is 0 Å². The Morgan fingerprint density at radius 3 is 2.57 bits per heavy atom. The van der Waals surface area contributed by atoms with Crippen molar-refractivity contribution >= 4 is 0 Å². The fourth-order valence-electron chi connectivity index (χ4n) is 3.60. The lowest BCUT2D eigenvalue weighted by atomic mass is 10.0. The molecule has 0 saturated heterocycles. The van der Waals surface area contributed by atoms with E-state index in [2.05, 4.69) is 5.32 Å². The summed E-state index contributed by atoms with van der Waals surface area (Å²) >= 11 is 0. The van der Waals surface area contributed by atoms with Crippen molar-refractivity contribution in [3.8, 4) is 17.0 Å². The minimum Gasteiger partial charge on any atom is -0.488 e. The average molecular weight is 379 g/mol. The molecule has 0 aliphatic carbocycles. The Labute approximate surface area is 165 Å². The first-order chi connectivity index (χ1) is 13.4. The highest BCUT2D eigenvalue weighted by Crippen LogP contribution is 2.30. The molecule has 1 aromatic heterocycles. The van der Waals surface area contributed by atoms with Crippen LogP contribution in [0.25, 0.3) is 11.3 Å². The molecule has 146 valence electrons. The SMILES string of the molecule is CC(C)(C)Oc1ccc(-c2nn(Cc3ccccc3F)c3c2CNCC3)cc1. The first-order valence-corrected chi connectivity index (χ1v) is 9.73. The lowest BCUT2D eigenvalue weighted by Gasteiger charge is -2.21. The quantitative estimate of drug-likeness (QED) is 0.722. The Morgan fingerprint density at radius 1 is 1.11 bits per heavy atom. The summed E-state index contributed by atoms with van der Waals surface area (Å²) < 4.78 is 22.0. The zero-order chi connectivity index (χ0) is 19.7. The molecule has 1 N–H and O–H groups in total. The molecule has 0 fully saturated rings. The van der Waals surface area contributed by atoms with E-state index in [4.69, 9.17) is 9.84 Å². The summed E-state index contributed by atoms with van der Waals surface area (Å²) in [5, 5.41) is 8.30. The predicted octanol–water partition coefficient (Wildman–Crippen LogP) is 4.56. The van der Waals surface area contributed by atoms with Gasteiger partial charge in [-0.1, -0.05) is 18.2 Å². The van der Waals surface area contributed by atoms with Crippen LogP contribution in [-0.2, 0) is 19.5 Å². The van der Waals surface area contributed by atoms with Crippen LogP contribution < -0.4 is 10.1 Å². The number of hydrogen-bond donors (Lipinski definition) is 1. The van der Waals surface area contributed by atoms with Gasteiger partial charge in [-0.2, -0.15) is 5.10 Å². The predicted molar refractivity (Wildman–Crippen MR) is 109 cm³/mol. The van der Waals surface area contributed by atoms with Crippen molar-refractivity contribution in [2.75, 3.05) is 6.54 Å². The number of benzene rings is 2. The zero-order valence-corrected chi connectivity index (χ0v) is 16.6. The van der Waals surface area contributed by atoms with Crippen LogP contribution >= 0.6 is 0 Å². The van der Waals surface area contributed by atoms with Crippen LogP contribution in [0.2, 0.25) is 0 Å². The molecular weight excluding hydrogens is 353 g/mol. The normalized spacial score (nSPS) is 14.0. The molecule has 4 nitrogen and oxygen atoms in total. The van der Waals surface area contributed by atoms with Crippen molar-refractivity contribution in [2.45, 2.75) is 45.9 Å². The van der Waals surface area contributed by atoms with Crippen molar-refractivity contribution in [1.82, 2.24) is 15.1 Å². The Morgan fingerprint density at radius 2 is 1.86 bits per heavy atom. The van der Waals surface area contributed by atoms with Crippen LogP contribution in [0, 0.1) is 5.82 Å². The summed E-state index contributed by atoms with van der Waals surface area (Å²) in [6, 6.07) is 15.0. The van der Waals surface area contributed by atoms with Crippen molar-refractivity contribution in [3.05, 3.63) is 71.2 Å². The average Bonchev–Trinajstić information content (AvgIpc) is 3.02. The molecule has 0 amide bonds. The van der Waals surface area contributed by atoms with E-state index in [9.17, 15) is 4.39 Å². The maximum absolute atomic E-state index is 14.1. The van der Waals surface area contributed by atoms with Gasteiger partial charge in [0, 0.05) is 41.9 Å². The van der Waals surface area contributed by atoms with E-state index in [1.807, 2.05) is 61.9 Å². The summed E-state index contributed by atoms with van der Waals surface area (Å²) in [7, 11) is 0. The van der Waals surface area contributed by atoms with E-state index in [1.165, 1.54) is 17.3 Å². The van der Waals surface area contributed by atoms with Gasteiger partial charge in [0.1, 0.15) is 17.2 Å². The van der Waals surface area contributed by atoms with Crippen LogP contribution in [0.5, 0.6) is 5.75 Å². The number of aromatic nitrogens is 2. The fraction of sp³-hybridized carbons (Fsp3) is 0.348. The Kier molecular flexibility index (Phi) is 4.94.